The van der Waals surface area contributed by atoms with Crippen LogP contribution in [0.15, 0.2) is 78.9 Å². The standard InChI is InChI=1S/C24H19NO2/c1-16-9-6-7-14-22(16)27-24(26)20-15-21(18-11-4-3-5-12-18)25-23-17(2)10-8-13-19(20)23/h3-15H,1-2H3. The van der Waals surface area contributed by atoms with E-state index in [2.05, 4.69) is 0 Å². The number of nitrogens with zero attached hydrogens (tertiary/aromatic N) is 1. The van der Waals surface area contributed by atoms with Crippen LogP contribution >= 0.6 is 0 Å². The van der Waals surface area contributed by atoms with E-state index < -0.39 is 0 Å². The molecule has 1 aromatic heterocycles. The summed E-state index contributed by atoms with van der Waals surface area (Å²) in [5.74, 6) is 0.195. The number of hydrogen-bond acceptors (Lipinski definition) is 3. The molecule has 4 aromatic rings. The third kappa shape index (κ3) is 3.32. The predicted octanol–water partition coefficient (Wildman–Crippen LogP) is 5.74. The van der Waals surface area contributed by atoms with E-state index in [-0.39, 0.29) is 5.97 Å². The maximum Gasteiger partial charge on any atom is 0.344 e. The van der Waals surface area contributed by atoms with Crippen molar-refractivity contribution in [2.45, 2.75) is 13.8 Å². The average molecular weight is 353 g/mol. The van der Waals surface area contributed by atoms with Gasteiger partial charge in [0.1, 0.15) is 5.75 Å². The lowest BCUT2D eigenvalue weighted by Gasteiger charge is -2.12. The lowest BCUT2D eigenvalue weighted by Crippen LogP contribution is -2.11. The minimum Gasteiger partial charge on any atom is -0.423 e. The fourth-order valence-electron chi connectivity index (χ4n) is 3.14. The first kappa shape index (κ1) is 17.0. The van der Waals surface area contributed by atoms with Gasteiger partial charge in [0.25, 0.3) is 0 Å². The van der Waals surface area contributed by atoms with Crippen molar-refractivity contribution in [1.82, 2.24) is 4.98 Å². The Balaban J connectivity index is 1.87. The smallest absolute Gasteiger partial charge is 0.344 e. The Kier molecular flexibility index (Phi) is 4.43. The molecular weight excluding hydrogens is 334 g/mol. The van der Waals surface area contributed by atoms with Gasteiger partial charge in [-0.05, 0) is 37.1 Å². The Morgan fingerprint density at radius 1 is 0.815 bits per heavy atom. The summed E-state index contributed by atoms with van der Waals surface area (Å²) in [6.07, 6.45) is 0. The number of fused-ring (bicyclic) bond motifs is 1. The number of esters is 1. The van der Waals surface area contributed by atoms with Crippen LogP contribution in [0.4, 0.5) is 0 Å². The van der Waals surface area contributed by atoms with Gasteiger partial charge in [-0.1, -0.05) is 66.7 Å². The molecule has 1 heterocycles. The maximum absolute atomic E-state index is 13.0. The molecule has 0 aliphatic carbocycles. The molecule has 27 heavy (non-hydrogen) atoms. The number of para-hydroxylation sites is 2. The third-order valence-corrected chi connectivity index (χ3v) is 4.63. The van der Waals surface area contributed by atoms with E-state index in [1.807, 2.05) is 86.6 Å². The summed E-state index contributed by atoms with van der Waals surface area (Å²) in [6, 6.07) is 25.0. The predicted molar refractivity (Wildman–Crippen MR) is 108 cm³/mol. The summed E-state index contributed by atoms with van der Waals surface area (Å²) in [5, 5.41) is 0.799. The SMILES string of the molecule is Cc1ccccc1OC(=O)c1cc(-c2ccccc2)nc2c(C)cccc12. The van der Waals surface area contributed by atoms with Crippen molar-refractivity contribution in [2.75, 3.05) is 0 Å². The van der Waals surface area contributed by atoms with Gasteiger partial charge >= 0.3 is 5.97 Å². The van der Waals surface area contributed by atoms with Gasteiger partial charge in [-0.25, -0.2) is 9.78 Å². The molecule has 0 saturated carbocycles. The number of carbonyl (C=O) groups is 1. The first-order valence-electron chi connectivity index (χ1n) is 8.87. The summed E-state index contributed by atoms with van der Waals surface area (Å²) < 4.78 is 5.70. The second kappa shape index (κ2) is 7.04. The molecule has 0 radical (unpaired) electrons. The number of ether oxygens (including phenoxy) is 1. The molecule has 0 bridgehead atoms. The van der Waals surface area contributed by atoms with Crippen molar-refractivity contribution in [3.63, 3.8) is 0 Å². The van der Waals surface area contributed by atoms with Crippen molar-refractivity contribution >= 4 is 16.9 Å². The van der Waals surface area contributed by atoms with E-state index in [1.54, 1.807) is 6.07 Å². The Morgan fingerprint density at radius 2 is 1.52 bits per heavy atom. The highest BCUT2D eigenvalue weighted by Gasteiger charge is 2.17. The summed E-state index contributed by atoms with van der Waals surface area (Å²) in [6.45, 7) is 3.92. The molecule has 0 unspecified atom stereocenters. The quantitative estimate of drug-likeness (QED) is 0.348. The molecular formula is C24H19NO2. The minimum absolute atomic E-state index is 0.375. The van der Waals surface area contributed by atoms with Gasteiger partial charge in [-0.2, -0.15) is 0 Å². The van der Waals surface area contributed by atoms with Crippen LogP contribution in [-0.4, -0.2) is 11.0 Å². The number of hydrogen-bond donors (Lipinski definition) is 0. The van der Waals surface area contributed by atoms with Crippen molar-refractivity contribution in [3.8, 4) is 17.0 Å². The van der Waals surface area contributed by atoms with E-state index in [4.69, 9.17) is 9.72 Å². The first-order valence-corrected chi connectivity index (χ1v) is 8.87. The summed E-state index contributed by atoms with van der Waals surface area (Å²) in [5.41, 5.74) is 5.00. The van der Waals surface area contributed by atoms with Crippen molar-refractivity contribution < 1.29 is 9.53 Å². The van der Waals surface area contributed by atoms with Crippen LogP contribution < -0.4 is 4.74 Å². The number of aryl methyl sites for hydroxylation is 2. The van der Waals surface area contributed by atoms with Crippen molar-refractivity contribution in [3.05, 3.63) is 95.6 Å². The van der Waals surface area contributed by atoms with Gasteiger partial charge in [0.05, 0.1) is 16.8 Å². The molecule has 0 saturated heterocycles. The Hall–Kier alpha value is -3.46. The lowest BCUT2D eigenvalue weighted by atomic mass is 10.0. The molecule has 0 fully saturated rings. The van der Waals surface area contributed by atoms with Crippen LogP contribution in [-0.2, 0) is 0 Å². The average Bonchev–Trinajstić information content (AvgIpc) is 2.70. The topological polar surface area (TPSA) is 39.2 Å². The highest BCUT2D eigenvalue weighted by molar-refractivity contribution is 6.06. The zero-order valence-corrected chi connectivity index (χ0v) is 15.3. The van der Waals surface area contributed by atoms with Crippen LogP contribution in [0.5, 0.6) is 5.75 Å². The first-order chi connectivity index (χ1) is 13.1. The van der Waals surface area contributed by atoms with Gasteiger partial charge in [0.15, 0.2) is 0 Å². The number of aromatic nitrogens is 1. The fraction of sp³-hybridized carbons (Fsp3) is 0.0833. The van der Waals surface area contributed by atoms with Crippen LogP contribution in [0.1, 0.15) is 21.5 Å². The molecule has 0 N–H and O–H groups in total. The molecule has 4 rings (SSSR count). The van der Waals surface area contributed by atoms with E-state index in [0.29, 0.717) is 11.3 Å². The van der Waals surface area contributed by atoms with Gasteiger partial charge in [0.2, 0.25) is 0 Å². The number of rotatable bonds is 3. The van der Waals surface area contributed by atoms with Gasteiger partial charge in [0, 0.05) is 10.9 Å². The van der Waals surface area contributed by atoms with Crippen molar-refractivity contribution in [2.24, 2.45) is 0 Å². The molecule has 0 atom stereocenters. The molecule has 3 heteroatoms. The van der Waals surface area contributed by atoms with E-state index >= 15 is 0 Å². The zero-order valence-electron chi connectivity index (χ0n) is 15.3. The highest BCUT2D eigenvalue weighted by atomic mass is 16.5. The highest BCUT2D eigenvalue weighted by Crippen LogP contribution is 2.28. The number of carbonyl (C=O) groups excluding carboxylic acids is 1. The Bertz CT molecular complexity index is 1130. The van der Waals surface area contributed by atoms with E-state index in [0.717, 1.165) is 33.3 Å². The largest absolute Gasteiger partial charge is 0.423 e. The van der Waals surface area contributed by atoms with Gasteiger partial charge < -0.3 is 4.74 Å². The lowest BCUT2D eigenvalue weighted by molar-refractivity contribution is 0.0735. The zero-order chi connectivity index (χ0) is 18.8. The second-order valence-corrected chi connectivity index (χ2v) is 6.55. The van der Waals surface area contributed by atoms with Gasteiger partial charge in [-0.3, -0.25) is 0 Å². The molecule has 0 spiro atoms. The number of benzene rings is 3. The molecule has 0 amide bonds. The van der Waals surface area contributed by atoms with E-state index in [1.165, 1.54) is 0 Å². The number of pyridine rings is 1. The maximum atomic E-state index is 13.0. The van der Waals surface area contributed by atoms with Crippen LogP contribution in [0, 0.1) is 13.8 Å². The molecule has 3 aromatic carbocycles. The van der Waals surface area contributed by atoms with Crippen molar-refractivity contribution in [1.29, 1.82) is 0 Å². The summed E-state index contributed by atoms with van der Waals surface area (Å²) in [7, 11) is 0. The van der Waals surface area contributed by atoms with Crippen LogP contribution in [0.2, 0.25) is 0 Å². The Morgan fingerprint density at radius 3 is 2.30 bits per heavy atom. The molecule has 3 nitrogen and oxygen atoms in total. The molecule has 0 aliphatic rings. The normalized spacial score (nSPS) is 10.7. The van der Waals surface area contributed by atoms with Crippen LogP contribution in [0.25, 0.3) is 22.2 Å². The second-order valence-electron chi connectivity index (χ2n) is 6.55. The van der Waals surface area contributed by atoms with Crippen LogP contribution in [0.3, 0.4) is 0 Å². The summed E-state index contributed by atoms with van der Waals surface area (Å²) >= 11 is 0. The molecule has 132 valence electrons. The minimum atomic E-state index is -0.375. The molecule has 0 aliphatic heterocycles. The van der Waals surface area contributed by atoms with E-state index in [9.17, 15) is 4.79 Å². The monoisotopic (exact) mass is 353 g/mol. The van der Waals surface area contributed by atoms with Gasteiger partial charge in [-0.15, -0.1) is 0 Å². The summed E-state index contributed by atoms with van der Waals surface area (Å²) in [4.78, 5) is 17.8. The Labute approximate surface area is 158 Å². The third-order valence-electron chi connectivity index (χ3n) is 4.63. The fourth-order valence-corrected chi connectivity index (χ4v) is 3.14.